The van der Waals surface area contributed by atoms with Gasteiger partial charge in [-0.2, -0.15) is 0 Å². The summed E-state index contributed by atoms with van der Waals surface area (Å²) in [6, 6.07) is 20.8. The summed E-state index contributed by atoms with van der Waals surface area (Å²) in [6.45, 7) is 13.0. The third-order valence-electron chi connectivity index (χ3n) is 9.97. The molecule has 0 radical (unpaired) electrons. The Morgan fingerprint density at radius 3 is 2.25 bits per heavy atom. The topological polar surface area (TPSA) is 195 Å². The molecule has 1 aromatic heterocycles. The summed E-state index contributed by atoms with van der Waals surface area (Å²) in [6.07, 6.45) is 3.25. The number of nitrogens with one attached hydrogen (secondary N) is 4. The van der Waals surface area contributed by atoms with Crippen LogP contribution in [0.25, 0.3) is 10.8 Å². The van der Waals surface area contributed by atoms with Crippen LogP contribution in [-0.4, -0.2) is 82.6 Å². The predicted molar refractivity (Wildman–Crippen MR) is 236 cm³/mol. The number of benzene rings is 4. The molecule has 15 nitrogen and oxygen atoms in total. The van der Waals surface area contributed by atoms with E-state index in [0.717, 1.165) is 35.9 Å². The number of hydrogen-bond acceptors (Lipinski definition) is 11. The average molecular weight is 840 g/mol. The fourth-order valence-electron chi connectivity index (χ4n) is 7.20. The van der Waals surface area contributed by atoms with E-state index in [1.807, 2.05) is 45.0 Å². The highest BCUT2D eigenvalue weighted by molar-refractivity contribution is 7.92. The first-order valence-electron chi connectivity index (χ1n) is 19.4. The van der Waals surface area contributed by atoms with E-state index in [4.69, 9.17) is 24.7 Å². The lowest BCUT2D eigenvalue weighted by Crippen LogP contribution is -2.48. The maximum absolute atomic E-state index is 13.6. The van der Waals surface area contributed by atoms with Crippen molar-refractivity contribution in [3.8, 4) is 23.0 Å². The van der Waals surface area contributed by atoms with Gasteiger partial charge in [0.05, 0.1) is 55.3 Å². The Labute approximate surface area is 351 Å². The first-order chi connectivity index (χ1) is 28.3. The van der Waals surface area contributed by atoms with E-state index in [2.05, 4.69) is 44.4 Å². The van der Waals surface area contributed by atoms with E-state index in [9.17, 15) is 18.0 Å². The molecule has 0 bridgehead atoms. The molecule has 3 amide bonds. The Morgan fingerprint density at radius 1 is 0.900 bits per heavy atom. The molecule has 2 heterocycles. The molecule has 16 heteroatoms. The summed E-state index contributed by atoms with van der Waals surface area (Å²) in [5.74, 6) is 1.52. The number of rotatable bonds is 14. The number of aromatic nitrogens is 1. The molecular formula is C44H53N7O8S. The Bertz CT molecular complexity index is 2520. The fourth-order valence-corrected chi connectivity index (χ4v) is 7.75. The van der Waals surface area contributed by atoms with Gasteiger partial charge in [0.2, 0.25) is 10.0 Å². The molecule has 6 N–H and O–H groups in total. The second kappa shape index (κ2) is 17.6. The monoisotopic (exact) mass is 839 g/mol. The van der Waals surface area contributed by atoms with Crippen molar-refractivity contribution in [2.45, 2.75) is 52.1 Å². The highest BCUT2D eigenvalue weighted by Crippen LogP contribution is 2.40. The number of primary amides is 1. The van der Waals surface area contributed by atoms with Crippen molar-refractivity contribution in [1.29, 1.82) is 0 Å². The lowest BCUT2D eigenvalue weighted by Gasteiger charge is -2.38. The molecule has 1 fully saturated rings. The van der Waals surface area contributed by atoms with E-state index < -0.39 is 22.0 Å². The average Bonchev–Trinajstić information content (AvgIpc) is 3.16. The molecule has 0 atom stereocenters. The SMILES string of the molecule is COc1c(NC(=O)Nc2ccc(Oc3ccnc(Nc4ccc(C(N)=O)c(OC)c4CCN4CCOC(C)(C)C4)c3)c3ccccc23)cc(C(C)(C)C)cc1NS(C)(=O)=O. The lowest BCUT2D eigenvalue weighted by molar-refractivity contribution is -0.0855. The molecular weight excluding hydrogens is 787 g/mol. The van der Waals surface area contributed by atoms with Crippen molar-refractivity contribution >= 4 is 61.3 Å². The lowest BCUT2D eigenvalue weighted by atomic mass is 9.86. The standard InChI is InChI=1S/C44H53N7O8S/c1-43(2,3)27-23-35(40(57-7)36(24-27)50-60(8,54)55)49-42(53)48-33-15-16-37(30-12-10-9-11-29(30)33)59-28-17-19-46-38(25-28)47-34-14-13-32(41(45)52)39(56-6)31(34)18-20-51-21-22-58-44(4,5)26-51/h9-17,19,23-25,50H,18,20-22,26H2,1-8H3,(H2,45,52)(H,46,47)(H2,48,49,53). The van der Waals surface area contributed by atoms with E-state index in [1.54, 1.807) is 54.7 Å². The number of urea groups is 1. The van der Waals surface area contributed by atoms with Gasteiger partial charge in [0.1, 0.15) is 23.1 Å². The van der Waals surface area contributed by atoms with Crippen LogP contribution in [0.3, 0.4) is 0 Å². The maximum Gasteiger partial charge on any atom is 0.323 e. The molecule has 5 aromatic rings. The van der Waals surface area contributed by atoms with Crippen LogP contribution in [-0.2, 0) is 26.6 Å². The van der Waals surface area contributed by atoms with Gasteiger partial charge in [-0.1, -0.05) is 45.0 Å². The van der Waals surface area contributed by atoms with Gasteiger partial charge in [-0.3, -0.25) is 14.4 Å². The quantitative estimate of drug-likeness (QED) is 0.0731. The number of amides is 3. The smallest absolute Gasteiger partial charge is 0.323 e. The molecule has 4 aromatic carbocycles. The minimum Gasteiger partial charge on any atom is -0.496 e. The predicted octanol–water partition coefficient (Wildman–Crippen LogP) is 7.85. The van der Waals surface area contributed by atoms with Gasteiger partial charge in [0, 0.05) is 53.9 Å². The Balaban J connectivity index is 1.23. The number of nitrogens with two attached hydrogens (primary N) is 1. The number of nitrogens with zero attached hydrogens (tertiary/aromatic N) is 2. The van der Waals surface area contributed by atoms with Crippen molar-refractivity contribution in [2.75, 3.05) is 67.4 Å². The van der Waals surface area contributed by atoms with Crippen molar-refractivity contribution in [1.82, 2.24) is 9.88 Å². The number of fused-ring (bicyclic) bond motifs is 1. The first kappa shape index (κ1) is 43.5. The third kappa shape index (κ3) is 10.5. The highest BCUT2D eigenvalue weighted by Gasteiger charge is 2.28. The van der Waals surface area contributed by atoms with Gasteiger partial charge in [-0.05, 0) is 73.7 Å². The number of sulfonamides is 1. The second-order valence-corrected chi connectivity index (χ2v) is 18.0. The largest absolute Gasteiger partial charge is 0.496 e. The van der Waals surface area contributed by atoms with Crippen molar-refractivity contribution in [2.24, 2.45) is 5.73 Å². The Hall–Kier alpha value is -6.10. The third-order valence-corrected chi connectivity index (χ3v) is 10.6. The molecule has 0 aliphatic carbocycles. The summed E-state index contributed by atoms with van der Waals surface area (Å²) in [7, 11) is -0.722. The van der Waals surface area contributed by atoms with Gasteiger partial charge in [0.25, 0.3) is 5.91 Å². The summed E-state index contributed by atoms with van der Waals surface area (Å²) in [5.41, 5.74) is 8.67. The molecule has 1 aliphatic rings. The number of ether oxygens (including phenoxy) is 4. The van der Waals surface area contributed by atoms with Crippen LogP contribution in [0.4, 0.5) is 33.4 Å². The molecule has 60 heavy (non-hydrogen) atoms. The number of carbonyl (C=O) groups excluding carboxylic acids is 2. The second-order valence-electron chi connectivity index (χ2n) is 16.2. The van der Waals surface area contributed by atoms with Crippen LogP contribution in [0.5, 0.6) is 23.0 Å². The van der Waals surface area contributed by atoms with Crippen molar-refractivity contribution in [3.05, 3.63) is 95.7 Å². The number of pyridine rings is 1. The first-order valence-corrected chi connectivity index (χ1v) is 21.3. The normalized spacial score (nSPS) is 14.3. The van der Waals surface area contributed by atoms with E-state index in [1.165, 1.54) is 14.2 Å². The van der Waals surface area contributed by atoms with E-state index >= 15 is 0 Å². The summed E-state index contributed by atoms with van der Waals surface area (Å²) in [4.78, 5) is 32.8. The van der Waals surface area contributed by atoms with Crippen molar-refractivity contribution in [3.63, 3.8) is 0 Å². The number of hydrogen-bond donors (Lipinski definition) is 5. The van der Waals surface area contributed by atoms with Crippen LogP contribution in [0, 0.1) is 0 Å². The zero-order valence-corrected chi connectivity index (χ0v) is 36.0. The minimum absolute atomic E-state index is 0.165. The summed E-state index contributed by atoms with van der Waals surface area (Å²) >= 11 is 0. The fraction of sp³-hybridized carbons (Fsp3) is 0.341. The summed E-state index contributed by atoms with van der Waals surface area (Å²) in [5, 5.41) is 10.6. The van der Waals surface area contributed by atoms with E-state index in [-0.39, 0.29) is 28.1 Å². The molecule has 0 unspecified atom stereocenters. The highest BCUT2D eigenvalue weighted by atomic mass is 32.2. The van der Waals surface area contributed by atoms with E-state index in [0.29, 0.717) is 65.0 Å². The molecule has 1 aliphatic heterocycles. The van der Waals surface area contributed by atoms with Crippen LogP contribution < -0.4 is 40.6 Å². The minimum atomic E-state index is -3.65. The van der Waals surface area contributed by atoms with Crippen LogP contribution in [0.15, 0.2) is 79.0 Å². The van der Waals surface area contributed by atoms with Gasteiger partial charge in [0.15, 0.2) is 5.75 Å². The Morgan fingerprint density at radius 2 is 1.58 bits per heavy atom. The van der Waals surface area contributed by atoms with Crippen LogP contribution in [0.1, 0.15) is 56.1 Å². The summed E-state index contributed by atoms with van der Waals surface area (Å²) < 4.78 is 50.6. The van der Waals surface area contributed by atoms with Crippen LogP contribution >= 0.6 is 0 Å². The number of anilines is 5. The number of methoxy groups -OCH3 is 2. The molecule has 6 rings (SSSR count). The van der Waals surface area contributed by atoms with Gasteiger partial charge in [-0.15, -0.1) is 0 Å². The number of carbonyl (C=O) groups is 2. The van der Waals surface area contributed by atoms with Crippen molar-refractivity contribution < 1.29 is 37.0 Å². The van der Waals surface area contributed by atoms with Gasteiger partial charge >= 0.3 is 6.03 Å². The van der Waals surface area contributed by atoms with Gasteiger partial charge < -0.3 is 40.6 Å². The maximum atomic E-state index is 13.6. The molecule has 0 spiro atoms. The molecule has 318 valence electrons. The zero-order chi connectivity index (χ0) is 43.4. The Kier molecular flexibility index (Phi) is 12.8. The zero-order valence-electron chi connectivity index (χ0n) is 35.2. The molecule has 1 saturated heterocycles. The number of morpholine rings is 1. The van der Waals surface area contributed by atoms with Crippen LogP contribution in [0.2, 0.25) is 0 Å². The van der Waals surface area contributed by atoms with Gasteiger partial charge in [-0.25, -0.2) is 18.2 Å². The molecule has 0 saturated carbocycles.